The van der Waals surface area contributed by atoms with Gasteiger partial charge in [-0.2, -0.15) is 0 Å². The second-order valence-electron chi connectivity index (χ2n) is 8.85. The van der Waals surface area contributed by atoms with E-state index in [2.05, 4.69) is 13.8 Å². The van der Waals surface area contributed by atoms with Gasteiger partial charge in [0.25, 0.3) is 0 Å². The molecule has 0 saturated heterocycles. The lowest BCUT2D eigenvalue weighted by atomic mass is 9.57. The standard InChI is InChI=1S/C23H33F3/c1-3-7-16(2)17-8-10-18(11-9-17)23(12-5-4-6-13-23)19-14-20(24)22(26)21(25)15-19/h14-18H,3-13H2,1-2H3. The van der Waals surface area contributed by atoms with Crippen LogP contribution in [-0.4, -0.2) is 0 Å². The number of halogens is 3. The predicted molar refractivity (Wildman–Crippen MR) is 101 cm³/mol. The van der Waals surface area contributed by atoms with Crippen molar-refractivity contribution in [1.29, 1.82) is 0 Å². The molecule has 0 amide bonds. The van der Waals surface area contributed by atoms with Gasteiger partial charge in [0.05, 0.1) is 0 Å². The molecule has 1 aromatic rings. The third-order valence-corrected chi connectivity index (χ3v) is 7.41. The smallest absolute Gasteiger partial charge is 0.194 e. The van der Waals surface area contributed by atoms with E-state index in [-0.39, 0.29) is 5.41 Å². The summed E-state index contributed by atoms with van der Waals surface area (Å²) < 4.78 is 41.4. The van der Waals surface area contributed by atoms with Gasteiger partial charge in [-0.3, -0.25) is 0 Å². The van der Waals surface area contributed by atoms with E-state index in [1.54, 1.807) is 0 Å². The van der Waals surface area contributed by atoms with E-state index in [4.69, 9.17) is 0 Å². The summed E-state index contributed by atoms with van der Waals surface area (Å²) in [7, 11) is 0. The molecule has 0 nitrogen and oxygen atoms in total. The molecule has 2 aliphatic rings. The molecule has 1 atom stereocenters. The Morgan fingerprint density at radius 1 is 0.962 bits per heavy atom. The highest BCUT2D eigenvalue weighted by Gasteiger charge is 2.43. The van der Waals surface area contributed by atoms with E-state index < -0.39 is 17.5 Å². The molecule has 26 heavy (non-hydrogen) atoms. The predicted octanol–water partition coefficient (Wildman–Crippen LogP) is 7.55. The first-order valence-corrected chi connectivity index (χ1v) is 10.6. The summed E-state index contributed by atoms with van der Waals surface area (Å²) in [5.41, 5.74) is 0.547. The minimum absolute atomic E-state index is 0.160. The van der Waals surface area contributed by atoms with Gasteiger partial charge in [0.1, 0.15) is 0 Å². The van der Waals surface area contributed by atoms with Crippen molar-refractivity contribution in [2.24, 2.45) is 17.8 Å². The largest absolute Gasteiger partial charge is 0.204 e. The molecule has 2 saturated carbocycles. The van der Waals surface area contributed by atoms with E-state index in [1.807, 2.05) is 0 Å². The number of hydrogen-bond donors (Lipinski definition) is 0. The lowest BCUT2D eigenvalue weighted by Gasteiger charge is -2.47. The van der Waals surface area contributed by atoms with Crippen LogP contribution in [0.25, 0.3) is 0 Å². The summed E-state index contributed by atoms with van der Waals surface area (Å²) in [6.07, 6.45) is 12.6. The van der Waals surface area contributed by atoms with Crippen molar-refractivity contribution in [3.05, 3.63) is 35.1 Å². The Bertz CT molecular complexity index is 572. The van der Waals surface area contributed by atoms with E-state index >= 15 is 0 Å². The van der Waals surface area contributed by atoms with Crippen LogP contribution >= 0.6 is 0 Å². The first kappa shape index (κ1) is 19.8. The Labute approximate surface area is 156 Å². The first-order chi connectivity index (χ1) is 12.5. The molecular formula is C23H33F3. The maximum Gasteiger partial charge on any atom is 0.194 e. The van der Waals surface area contributed by atoms with Crippen LogP contribution in [0.4, 0.5) is 13.2 Å². The zero-order valence-corrected chi connectivity index (χ0v) is 16.3. The fourth-order valence-electron chi connectivity index (χ4n) is 5.89. The van der Waals surface area contributed by atoms with Crippen LogP contribution in [0.1, 0.15) is 90.0 Å². The highest BCUT2D eigenvalue weighted by Crippen LogP contribution is 2.52. The van der Waals surface area contributed by atoms with E-state index in [9.17, 15) is 13.2 Å². The van der Waals surface area contributed by atoms with Crippen molar-refractivity contribution in [3.63, 3.8) is 0 Å². The SMILES string of the molecule is CCCC(C)C1CCC(C2(c3cc(F)c(F)c(F)c3)CCCCC2)CC1. The van der Waals surface area contributed by atoms with Gasteiger partial charge in [-0.1, -0.05) is 46.0 Å². The Morgan fingerprint density at radius 2 is 1.54 bits per heavy atom. The maximum atomic E-state index is 14.0. The van der Waals surface area contributed by atoms with Gasteiger partial charge in [0.15, 0.2) is 17.5 Å². The highest BCUT2D eigenvalue weighted by molar-refractivity contribution is 5.30. The number of rotatable bonds is 5. The lowest BCUT2D eigenvalue weighted by molar-refractivity contribution is 0.109. The zero-order chi connectivity index (χ0) is 18.7. The van der Waals surface area contributed by atoms with E-state index in [0.29, 0.717) is 11.5 Å². The molecule has 0 aromatic heterocycles. The van der Waals surface area contributed by atoms with E-state index in [0.717, 1.165) is 50.4 Å². The molecule has 0 radical (unpaired) electrons. The Kier molecular flexibility index (Phi) is 6.35. The van der Waals surface area contributed by atoms with Crippen LogP contribution in [0.3, 0.4) is 0 Å². The molecule has 2 fully saturated rings. The molecule has 3 heteroatoms. The molecule has 1 aromatic carbocycles. The van der Waals surface area contributed by atoms with Gasteiger partial charge < -0.3 is 0 Å². The summed E-state index contributed by atoms with van der Waals surface area (Å²) in [5.74, 6) is -1.38. The monoisotopic (exact) mass is 366 g/mol. The summed E-state index contributed by atoms with van der Waals surface area (Å²) in [4.78, 5) is 0. The average molecular weight is 367 g/mol. The van der Waals surface area contributed by atoms with Gasteiger partial charge >= 0.3 is 0 Å². The Balaban J connectivity index is 1.83. The van der Waals surface area contributed by atoms with Crippen molar-refractivity contribution >= 4 is 0 Å². The molecule has 0 aliphatic heterocycles. The summed E-state index contributed by atoms with van der Waals surface area (Å²) in [5, 5.41) is 0. The summed E-state index contributed by atoms with van der Waals surface area (Å²) >= 11 is 0. The number of benzene rings is 1. The van der Waals surface area contributed by atoms with E-state index in [1.165, 1.54) is 44.2 Å². The molecule has 1 unspecified atom stereocenters. The zero-order valence-electron chi connectivity index (χ0n) is 16.3. The van der Waals surface area contributed by atoms with Gasteiger partial charge in [0.2, 0.25) is 0 Å². The van der Waals surface area contributed by atoms with Crippen LogP contribution in [0.5, 0.6) is 0 Å². The van der Waals surface area contributed by atoms with Crippen molar-refractivity contribution in [2.75, 3.05) is 0 Å². The molecule has 0 N–H and O–H groups in total. The third-order valence-electron chi connectivity index (χ3n) is 7.41. The molecule has 0 bridgehead atoms. The molecule has 0 heterocycles. The molecule has 3 rings (SSSR count). The van der Waals surface area contributed by atoms with Crippen molar-refractivity contribution in [2.45, 2.75) is 89.9 Å². The van der Waals surface area contributed by atoms with Crippen molar-refractivity contribution in [1.82, 2.24) is 0 Å². The fourth-order valence-corrected chi connectivity index (χ4v) is 5.89. The second kappa shape index (κ2) is 8.35. The van der Waals surface area contributed by atoms with Gasteiger partial charge in [-0.15, -0.1) is 0 Å². The average Bonchev–Trinajstić information content (AvgIpc) is 2.66. The quantitative estimate of drug-likeness (QED) is 0.472. The van der Waals surface area contributed by atoms with Crippen molar-refractivity contribution in [3.8, 4) is 0 Å². The molecule has 0 spiro atoms. The first-order valence-electron chi connectivity index (χ1n) is 10.6. The maximum absolute atomic E-state index is 14.0. The minimum atomic E-state index is -1.34. The van der Waals surface area contributed by atoms with Gasteiger partial charge in [0, 0.05) is 0 Å². The normalized spacial score (nSPS) is 27.3. The number of hydrogen-bond acceptors (Lipinski definition) is 0. The van der Waals surface area contributed by atoms with Gasteiger partial charge in [-0.25, -0.2) is 13.2 Å². The Hall–Kier alpha value is -0.990. The summed E-state index contributed by atoms with van der Waals surface area (Å²) in [6.45, 7) is 4.62. The minimum Gasteiger partial charge on any atom is -0.204 e. The topological polar surface area (TPSA) is 0 Å². The fraction of sp³-hybridized carbons (Fsp3) is 0.739. The molecule has 2 aliphatic carbocycles. The molecular weight excluding hydrogens is 333 g/mol. The van der Waals surface area contributed by atoms with Gasteiger partial charge in [-0.05, 0) is 79.4 Å². The third kappa shape index (κ3) is 3.82. The lowest BCUT2D eigenvalue weighted by Crippen LogP contribution is -2.40. The van der Waals surface area contributed by atoms with Crippen LogP contribution in [-0.2, 0) is 5.41 Å². The van der Waals surface area contributed by atoms with Crippen LogP contribution < -0.4 is 0 Å². The second-order valence-corrected chi connectivity index (χ2v) is 8.85. The molecule has 146 valence electrons. The van der Waals surface area contributed by atoms with Crippen molar-refractivity contribution < 1.29 is 13.2 Å². The highest BCUT2D eigenvalue weighted by atomic mass is 19.2. The van der Waals surface area contributed by atoms with Crippen LogP contribution in [0.15, 0.2) is 12.1 Å². The summed E-state index contributed by atoms with van der Waals surface area (Å²) in [6, 6.07) is 2.57. The Morgan fingerprint density at radius 3 is 2.08 bits per heavy atom. The van der Waals surface area contributed by atoms with Crippen LogP contribution in [0.2, 0.25) is 0 Å². The van der Waals surface area contributed by atoms with Crippen LogP contribution in [0, 0.1) is 35.2 Å².